The monoisotopic (exact) mass is 292 g/mol. The van der Waals surface area contributed by atoms with Crippen LogP contribution in [0.1, 0.15) is 26.5 Å². The number of fused-ring (bicyclic) bond motifs is 1. The lowest BCUT2D eigenvalue weighted by Crippen LogP contribution is -2.51. The van der Waals surface area contributed by atoms with Crippen LogP contribution >= 0.6 is 0 Å². The van der Waals surface area contributed by atoms with Crippen LogP contribution in [0.3, 0.4) is 0 Å². The highest BCUT2D eigenvalue weighted by molar-refractivity contribution is 5.34. The molecule has 2 heterocycles. The maximum atomic E-state index is 11.9. The number of nitrogens with two attached hydrogens (primary N) is 1. The molecule has 1 saturated carbocycles. The molecular formula is C13H16N4O4. The summed E-state index contributed by atoms with van der Waals surface area (Å²) in [6.45, 7) is 3.25. The van der Waals surface area contributed by atoms with Gasteiger partial charge in [-0.15, -0.1) is 5.92 Å². The fourth-order valence-corrected chi connectivity index (χ4v) is 3.15. The zero-order chi connectivity index (χ0) is 15.4. The molecule has 112 valence electrons. The SMILES string of the molecule is CC#CC1(N)C2CC2([C@@H](C)O)O[C@H]1n1ncc(=O)[nH]c1=O. The normalized spacial score (nSPS) is 38.3. The molecule has 2 fully saturated rings. The molecule has 0 bridgehead atoms. The third kappa shape index (κ3) is 1.78. The number of aliphatic hydroxyl groups is 1. The summed E-state index contributed by atoms with van der Waals surface area (Å²) in [6, 6.07) is 0. The van der Waals surface area contributed by atoms with E-state index in [1.54, 1.807) is 13.8 Å². The van der Waals surface area contributed by atoms with Crippen LogP contribution < -0.4 is 17.0 Å². The van der Waals surface area contributed by atoms with E-state index in [0.717, 1.165) is 10.9 Å². The van der Waals surface area contributed by atoms with Gasteiger partial charge in [0.1, 0.15) is 17.3 Å². The minimum atomic E-state index is -1.14. The summed E-state index contributed by atoms with van der Waals surface area (Å²) >= 11 is 0. The highest BCUT2D eigenvalue weighted by atomic mass is 16.6. The van der Waals surface area contributed by atoms with E-state index in [2.05, 4.69) is 21.9 Å². The van der Waals surface area contributed by atoms with Crippen molar-refractivity contribution in [1.29, 1.82) is 0 Å². The average molecular weight is 292 g/mol. The molecule has 21 heavy (non-hydrogen) atoms. The van der Waals surface area contributed by atoms with Crippen LogP contribution in [0.25, 0.3) is 0 Å². The summed E-state index contributed by atoms with van der Waals surface area (Å²) in [4.78, 5) is 25.1. The number of hydrogen-bond acceptors (Lipinski definition) is 6. The molecule has 1 aromatic heterocycles. The Hall–Kier alpha value is -1.95. The van der Waals surface area contributed by atoms with Gasteiger partial charge in [0.2, 0.25) is 0 Å². The third-order valence-electron chi connectivity index (χ3n) is 4.28. The lowest BCUT2D eigenvalue weighted by molar-refractivity contribution is -0.104. The first-order valence-electron chi connectivity index (χ1n) is 6.62. The van der Waals surface area contributed by atoms with E-state index in [4.69, 9.17) is 10.5 Å². The largest absolute Gasteiger partial charge is 0.390 e. The van der Waals surface area contributed by atoms with Crippen molar-refractivity contribution in [3.05, 3.63) is 27.0 Å². The predicted octanol–water partition coefficient (Wildman–Crippen LogP) is -1.68. The van der Waals surface area contributed by atoms with Crippen LogP contribution in [0.4, 0.5) is 0 Å². The molecule has 0 spiro atoms. The van der Waals surface area contributed by atoms with Gasteiger partial charge in [0.25, 0.3) is 5.56 Å². The average Bonchev–Trinajstić information content (AvgIpc) is 3.08. The van der Waals surface area contributed by atoms with Crippen LogP contribution in [-0.4, -0.2) is 37.1 Å². The molecule has 1 saturated heterocycles. The molecule has 1 aliphatic heterocycles. The van der Waals surface area contributed by atoms with Crippen LogP contribution in [0.15, 0.2) is 15.8 Å². The van der Waals surface area contributed by atoms with E-state index >= 15 is 0 Å². The van der Waals surface area contributed by atoms with E-state index in [1.807, 2.05) is 0 Å². The maximum absolute atomic E-state index is 11.9. The van der Waals surface area contributed by atoms with Crippen LogP contribution in [-0.2, 0) is 4.74 Å². The summed E-state index contributed by atoms with van der Waals surface area (Å²) in [5, 5.41) is 13.7. The highest BCUT2D eigenvalue weighted by Gasteiger charge is 2.75. The quantitative estimate of drug-likeness (QED) is 0.559. The zero-order valence-corrected chi connectivity index (χ0v) is 11.7. The van der Waals surface area contributed by atoms with Gasteiger partial charge < -0.3 is 15.6 Å². The molecule has 8 nitrogen and oxygen atoms in total. The van der Waals surface area contributed by atoms with Crippen molar-refractivity contribution in [2.24, 2.45) is 11.7 Å². The Morgan fingerprint density at radius 3 is 2.95 bits per heavy atom. The highest BCUT2D eigenvalue weighted by Crippen LogP contribution is 2.64. The number of aromatic nitrogens is 3. The Kier molecular flexibility index (Phi) is 2.85. The molecule has 0 radical (unpaired) electrons. The van der Waals surface area contributed by atoms with Gasteiger partial charge in [-0.2, -0.15) is 9.78 Å². The van der Waals surface area contributed by atoms with Gasteiger partial charge in [-0.25, -0.2) is 4.79 Å². The number of H-pyrrole nitrogens is 1. The molecular weight excluding hydrogens is 276 g/mol. The van der Waals surface area contributed by atoms with Crippen molar-refractivity contribution in [2.45, 2.75) is 43.7 Å². The number of ether oxygens (including phenoxy) is 1. The van der Waals surface area contributed by atoms with E-state index < -0.39 is 34.7 Å². The molecule has 8 heteroatoms. The number of nitrogens with one attached hydrogen (secondary N) is 1. The van der Waals surface area contributed by atoms with Crippen LogP contribution in [0, 0.1) is 17.8 Å². The standard InChI is InChI=1S/C13H16N4O4/c1-3-4-12(14)8-5-13(8,7(2)18)21-10(12)17-11(20)16-9(19)6-15-17/h6-8,10,18H,5,14H2,1-2H3,(H,16,19,20)/t7-,8?,10-,12?,13?/m1/s1. The Morgan fingerprint density at radius 1 is 1.67 bits per heavy atom. The lowest BCUT2D eigenvalue weighted by Gasteiger charge is -2.28. The van der Waals surface area contributed by atoms with Gasteiger partial charge in [-0.3, -0.25) is 9.78 Å². The second-order valence-electron chi connectivity index (χ2n) is 5.55. The van der Waals surface area contributed by atoms with Gasteiger partial charge in [0.05, 0.1) is 6.10 Å². The van der Waals surface area contributed by atoms with Crippen molar-refractivity contribution in [2.75, 3.05) is 0 Å². The van der Waals surface area contributed by atoms with Crippen LogP contribution in [0.2, 0.25) is 0 Å². The minimum absolute atomic E-state index is 0.192. The van der Waals surface area contributed by atoms with E-state index in [0.29, 0.717) is 6.42 Å². The minimum Gasteiger partial charge on any atom is -0.390 e. The van der Waals surface area contributed by atoms with E-state index in [1.165, 1.54) is 0 Å². The number of aliphatic hydroxyl groups excluding tert-OH is 1. The number of hydrogen-bond donors (Lipinski definition) is 3. The van der Waals surface area contributed by atoms with Gasteiger partial charge in [0.15, 0.2) is 6.23 Å². The van der Waals surface area contributed by atoms with Crippen molar-refractivity contribution < 1.29 is 9.84 Å². The predicted molar refractivity (Wildman–Crippen MR) is 72.1 cm³/mol. The Balaban J connectivity index is 2.11. The zero-order valence-electron chi connectivity index (χ0n) is 11.7. The molecule has 1 aliphatic carbocycles. The topological polar surface area (TPSA) is 123 Å². The molecule has 3 unspecified atom stereocenters. The van der Waals surface area contributed by atoms with Crippen molar-refractivity contribution in [3.63, 3.8) is 0 Å². The van der Waals surface area contributed by atoms with Crippen molar-refractivity contribution >= 4 is 0 Å². The summed E-state index contributed by atoms with van der Waals surface area (Å²) in [5.41, 5.74) is 3.09. The maximum Gasteiger partial charge on any atom is 0.347 e. The van der Waals surface area contributed by atoms with Crippen LogP contribution in [0.5, 0.6) is 0 Å². The molecule has 5 atom stereocenters. The first kappa shape index (κ1) is 14.0. The molecule has 4 N–H and O–H groups in total. The second kappa shape index (κ2) is 4.27. The number of nitrogens with zero attached hydrogens (tertiary/aromatic N) is 2. The summed E-state index contributed by atoms with van der Waals surface area (Å²) in [5.74, 6) is 5.43. The molecule has 0 aromatic carbocycles. The third-order valence-corrected chi connectivity index (χ3v) is 4.28. The fraction of sp³-hybridized carbons (Fsp3) is 0.615. The fourth-order valence-electron chi connectivity index (χ4n) is 3.15. The summed E-state index contributed by atoms with van der Waals surface area (Å²) in [6.07, 6.45) is -0.149. The van der Waals surface area contributed by atoms with Crippen molar-refractivity contribution in [1.82, 2.24) is 14.8 Å². The van der Waals surface area contributed by atoms with E-state index in [9.17, 15) is 14.7 Å². The number of aromatic amines is 1. The number of rotatable bonds is 2. The van der Waals surface area contributed by atoms with Gasteiger partial charge in [-0.05, 0) is 20.3 Å². The summed E-state index contributed by atoms with van der Waals surface area (Å²) in [7, 11) is 0. The second-order valence-corrected chi connectivity index (χ2v) is 5.55. The van der Waals surface area contributed by atoms with Crippen molar-refractivity contribution in [3.8, 4) is 11.8 Å². The van der Waals surface area contributed by atoms with Gasteiger partial charge in [-0.1, -0.05) is 5.92 Å². The lowest BCUT2D eigenvalue weighted by atomic mass is 9.92. The molecule has 1 aromatic rings. The Labute approximate surface area is 119 Å². The first-order chi connectivity index (χ1) is 9.85. The summed E-state index contributed by atoms with van der Waals surface area (Å²) < 4.78 is 6.83. The Morgan fingerprint density at radius 2 is 2.38 bits per heavy atom. The Bertz CT molecular complexity index is 758. The molecule has 3 rings (SSSR count). The first-order valence-corrected chi connectivity index (χ1v) is 6.62. The molecule has 0 amide bonds. The molecule has 2 aliphatic rings. The van der Waals surface area contributed by atoms with Gasteiger partial charge >= 0.3 is 5.69 Å². The smallest absolute Gasteiger partial charge is 0.347 e. The van der Waals surface area contributed by atoms with Gasteiger partial charge in [0, 0.05) is 5.92 Å². The van der Waals surface area contributed by atoms with E-state index in [-0.39, 0.29) is 5.92 Å².